The van der Waals surface area contributed by atoms with Crippen molar-refractivity contribution in [3.05, 3.63) is 0 Å². The summed E-state index contributed by atoms with van der Waals surface area (Å²) in [6.07, 6.45) is 6.16. The lowest BCUT2D eigenvalue weighted by Gasteiger charge is -2.36. The number of amides is 1. The number of ether oxygens (including phenoxy) is 1. The summed E-state index contributed by atoms with van der Waals surface area (Å²) in [5.74, 6) is 0.811. The fourth-order valence-electron chi connectivity index (χ4n) is 3.20. The molecule has 0 aromatic carbocycles. The van der Waals surface area contributed by atoms with Gasteiger partial charge in [-0.25, -0.2) is 0 Å². The Balaban J connectivity index is 1.85. The Morgan fingerprint density at radius 2 is 2.28 bits per heavy atom. The molecule has 1 amide bonds. The van der Waals surface area contributed by atoms with E-state index in [9.17, 15) is 4.79 Å². The van der Waals surface area contributed by atoms with Gasteiger partial charge in [-0.3, -0.25) is 4.79 Å². The van der Waals surface area contributed by atoms with Gasteiger partial charge in [0.15, 0.2) is 0 Å². The minimum Gasteiger partial charge on any atom is -0.377 e. The predicted octanol–water partition coefficient (Wildman–Crippen LogP) is 1.53. The first-order valence-corrected chi connectivity index (χ1v) is 7.33. The van der Waals surface area contributed by atoms with Gasteiger partial charge in [-0.05, 0) is 31.6 Å². The average Bonchev–Trinajstić information content (AvgIpc) is 2.38. The molecule has 2 aliphatic rings. The van der Waals surface area contributed by atoms with Gasteiger partial charge in [0.1, 0.15) is 0 Å². The average molecular weight is 254 g/mol. The fourth-order valence-corrected chi connectivity index (χ4v) is 3.20. The second-order valence-electron chi connectivity index (χ2n) is 5.72. The summed E-state index contributed by atoms with van der Waals surface area (Å²) >= 11 is 0. The summed E-state index contributed by atoms with van der Waals surface area (Å²) in [5, 5.41) is 0. The van der Waals surface area contributed by atoms with Crippen LogP contribution < -0.4 is 5.73 Å². The van der Waals surface area contributed by atoms with E-state index in [1.165, 1.54) is 12.8 Å². The molecule has 0 aromatic heterocycles. The van der Waals surface area contributed by atoms with Gasteiger partial charge in [-0.2, -0.15) is 0 Å². The molecule has 0 aromatic rings. The summed E-state index contributed by atoms with van der Waals surface area (Å²) in [6.45, 7) is 4.27. The summed E-state index contributed by atoms with van der Waals surface area (Å²) in [7, 11) is 0. The van der Waals surface area contributed by atoms with Crippen LogP contribution >= 0.6 is 0 Å². The molecule has 1 heterocycles. The summed E-state index contributed by atoms with van der Waals surface area (Å²) in [5.41, 5.74) is 5.99. The Hall–Kier alpha value is -0.610. The molecule has 2 fully saturated rings. The number of hydrogen-bond donors (Lipinski definition) is 1. The van der Waals surface area contributed by atoms with Gasteiger partial charge in [-0.15, -0.1) is 0 Å². The van der Waals surface area contributed by atoms with Crippen molar-refractivity contribution in [3.8, 4) is 0 Å². The molecular weight excluding hydrogens is 228 g/mol. The Bertz CT molecular complexity index is 283. The highest BCUT2D eigenvalue weighted by atomic mass is 16.5. The van der Waals surface area contributed by atoms with Gasteiger partial charge >= 0.3 is 0 Å². The van der Waals surface area contributed by atoms with E-state index in [0.29, 0.717) is 37.5 Å². The van der Waals surface area contributed by atoms with Crippen LogP contribution in [0.5, 0.6) is 0 Å². The first-order chi connectivity index (χ1) is 8.70. The second-order valence-corrected chi connectivity index (χ2v) is 5.72. The fraction of sp³-hybridized carbons (Fsp3) is 0.929. The summed E-state index contributed by atoms with van der Waals surface area (Å²) in [4.78, 5) is 14.4. The highest BCUT2D eigenvalue weighted by molar-refractivity contribution is 5.77. The van der Waals surface area contributed by atoms with E-state index in [0.717, 1.165) is 25.8 Å². The van der Waals surface area contributed by atoms with Crippen molar-refractivity contribution in [2.75, 3.05) is 19.8 Å². The standard InChI is InChI=1S/C14H26N2O2/c1-2-13-10-18-7-6-16(13)14(17)9-11-4-3-5-12(15)8-11/h11-13H,2-10,15H2,1H3. The minimum absolute atomic E-state index is 0.281. The van der Waals surface area contributed by atoms with Crippen molar-refractivity contribution in [2.24, 2.45) is 11.7 Å². The lowest BCUT2D eigenvalue weighted by Crippen LogP contribution is -2.49. The molecule has 3 unspecified atom stereocenters. The van der Waals surface area contributed by atoms with E-state index in [1.54, 1.807) is 0 Å². The molecule has 3 atom stereocenters. The lowest BCUT2D eigenvalue weighted by molar-refractivity contribution is -0.141. The van der Waals surface area contributed by atoms with Crippen LogP contribution in [0, 0.1) is 5.92 Å². The van der Waals surface area contributed by atoms with Crippen molar-refractivity contribution in [3.63, 3.8) is 0 Å². The van der Waals surface area contributed by atoms with E-state index < -0.39 is 0 Å². The van der Waals surface area contributed by atoms with Gasteiger partial charge in [0.25, 0.3) is 0 Å². The molecular formula is C14H26N2O2. The smallest absolute Gasteiger partial charge is 0.223 e. The van der Waals surface area contributed by atoms with Gasteiger partial charge in [-0.1, -0.05) is 13.3 Å². The molecule has 18 heavy (non-hydrogen) atoms. The van der Waals surface area contributed by atoms with Crippen LogP contribution in [0.15, 0.2) is 0 Å². The van der Waals surface area contributed by atoms with Crippen LogP contribution in [0.1, 0.15) is 45.4 Å². The summed E-state index contributed by atoms with van der Waals surface area (Å²) < 4.78 is 5.45. The highest BCUT2D eigenvalue weighted by Gasteiger charge is 2.29. The molecule has 0 bridgehead atoms. The Kier molecular flexibility index (Phi) is 5.01. The van der Waals surface area contributed by atoms with Crippen LogP contribution in [0.2, 0.25) is 0 Å². The molecule has 2 N–H and O–H groups in total. The van der Waals surface area contributed by atoms with E-state index in [-0.39, 0.29) is 6.04 Å². The summed E-state index contributed by atoms with van der Waals surface area (Å²) in [6, 6.07) is 0.590. The topological polar surface area (TPSA) is 55.6 Å². The second kappa shape index (κ2) is 6.53. The molecule has 1 aliphatic heterocycles. The lowest BCUT2D eigenvalue weighted by atomic mass is 9.84. The first kappa shape index (κ1) is 13.8. The molecule has 4 heteroatoms. The number of nitrogens with zero attached hydrogens (tertiary/aromatic N) is 1. The van der Waals surface area contributed by atoms with Crippen LogP contribution in [0.3, 0.4) is 0 Å². The van der Waals surface area contributed by atoms with Crippen molar-refractivity contribution in [1.29, 1.82) is 0 Å². The van der Waals surface area contributed by atoms with Gasteiger partial charge in [0.05, 0.1) is 19.3 Å². The van der Waals surface area contributed by atoms with Crippen LogP contribution in [0.25, 0.3) is 0 Å². The number of carbonyl (C=O) groups is 1. The molecule has 1 saturated heterocycles. The molecule has 0 radical (unpaired) electrons. The van der Waals surface area contributed by atoms with E-state index >= 15 is 0 Å². The molecule has 104 valence electrons. The maximum Gasteiger partial charge on any atom is 0.223 e. The number of rotatable bonds is 3. The molecule has 4 nitrogen and oxygen atoms in total. The van der Waals surface area contributed by atoms with Gasteiger partial charge in [0, 0.05) is 19.0 Å². The Morgan fingerprint density at radius 1 is 1.44 bits per heavy atom. The largest absolute Gasteiger partial charge is 0.377 e. The zero-order valence-corrected chi connectivity index (χ0v) is 11.4. The zero-order chi connectivity index (χ0) is 13.0. The maximum atomic E-state index is 12.4. The van der Waals surface area contributed by atoms with Crippen LogP contribution in [-0.4, -0.2) is 42.6 Å². The Morgan fingerprint density at radius 3 is 3.00 bits per heavy atom. The molecule has 1 saturated carbocycles. The minimum atomic E-state index is 0.281. The first-order valence-electron chi connectivity index (χ1n) is 7.33. The van der Waals surface area contributed by atoms with Crippen LogP contribution in [-0.2, 0) is 9.53 Å². The van der Waals surface area contributed by atoms with Gasteiger partial charge < -0.3 is 15.4 Å². The number of hydrogen-bond acceptors (Lipinski definition) is 3. The molecule has 1 aliphatic carbocycles. The quantitative estimate of drug-likeness (QED) is 0.831. The van der Waals surface area contributed by atoms with Crippen molar-refractivity contribution < 1.29 is 9.53 Å². The Labute approximate surface area is 110 Å². The zero-order valence-electron chi connectivity index (χ0n) is 11.4. The third-order valence-electron chi connectivity index (χ3n) is 4.31. The number of morpholine rings is 1. The number of nitrogens with two attached hydrogens (primary N) is 1. The van der Waals surface area contributed by atoms with Crippen LogP contribution in [0.4, 0.5) is 0 Å². The normalized spacial score (nSPS) is 33.4. The monoisotopic (exact) mass is 254 g/mol. The maximum absolute atomic E-state index is 12.4. The predicted molar refractivity (Wildman–Crippen MR) is 71.2 cm³/mol. The van der Waals surface area contributed by atoms with E-state index in [4.69, 9.17) is 10.5 Å². The number of carbonyl (C=O) groups excluding carboxylic acids is 1. The third kappa shape index (κ3) is 3.45. The molecule has 2 rings (SSSR count). The highest BCUT2D eigenvalue weighted by Crippen LogP contribution is 2.27. The van der Waals surface area contributed by atoms with E-state index in [2.05, 4.69) is 6.92 Å². The van der Waals surface area contributed by atoms with E-state index in [1.807, 2.05) is 4.90 Å². The van der Waals surface area contributed by atoms with Crippen molar-refractivity contribution in [1.82, 2.24) is 4.90 Å². The van der Waals surface area contributed by atoms with Gasteiger partial charge in [0.2, 0.25) is 5.91 Å². The third-order valence-corrected chi connectivity index (χ3v) is 4.31. The molecule has 0 spiro atoms. The van der Waals surface area contributed by atoms with Crippen molar-refractivity contribution in [2.45, 2.75) is 57.5 Å². The van der Waals surface area contributed by atoms with Crippen molar-refractivity contribution >= 4 is 5.91 Å². The SMILES string of the molecule is CCC1COCCN1C(=O)CC1CCCC(N)C1.